The normalized spacial score (nSPS) is 12.3. The first-order chi connectivity index (χ1) is 16.3. The molecule has 3 N–H and O–H groups in total. The van der Waals surface area contributed by atoms with E-state index in [4.69, 9.17) is 5.14 Å². The molecule has 0 aliphatic carbocycles. The molecule has 4 rings (SSSR count). The van der Waals surface area contributed by atoms with Gasteiger partial charge in [-0.05, 0) is 36.4 Å². The van der Waals surface area contributed by atoms with Gasteiger partial charge < -0.3 is 5.32 Å². The van der Waals surface area contributed by atoms with Crippen molar-refractivity contribution in [1.29, 1.82) is 0 Å². The number of carbonyl (C=O) groups is 1. The van der Waals surface area contributed by atoms with E-state index in [1.807, 2.05) is 0 Å². The zero-order valence-corrected chi connectivity index (χ0v) is 18.1. The number of aromatic nitrogens is 3. The molecule has 35 heavy (non-hydrogen) atoms. The standard InChI is InChI=1S/C21H14F5N5O3S/c22-18(23)17-9-16(11-4-6-12(7-5-11)21(24,25)26)30-19-15(10-28-31(17)19)20(32)29-13-2-1-3-14(8-13)35(27,33)34/h1-10,18H,(H,29,32)(H2,27,33,34). The molecule has 1 amide bonds. The number of primary sulfonamides is 1. The molecule has 0 aliphatic heterocycles. The predicted molar refractivity (Wildman–Crippen MR) is 114 cm³/mol. The van der Waals surface area contributed by atoms with Crippen molar-refractivity contribution >= 4 is 27.3 Å². The van der Waals surface area contributed by atoms with Crippen LogP contribution in [0.15, 0.2) is 65.7 Å². The molecule has 2 heterocycles. The van der Waals surface area contributed by atoms with Crippen molar-refractivity contribution in [2.45, 2.75) is 17.5 Å². The summed E-state index contributed by atoms with van der Waals surface area (Å²) in [5, 5.41) is 11.3. The zero-order chi connectivity index (χ0) is 25.5. The highest BCUT2D eigenvalue weighted by Gasteiger charge is 2.30. The van der Waals surface area contributed by atoms with Crippen LogP contribution in [0.4, 0.5) is 27.6 Å². The Balaban J connectivity index is 1.76. The fourth-order valence-corrected chi connectivity index (χ4v) is 3.79. The number of nitrogens with two attached hydrogens (primary N) is 1. The number of hydrogen-bond acceptors (Lipinski definition) is 5. The van der Waals surface area contributed by atoms with Crippen molar-refractivity contribution in [1.82, 2.24) is 14.6 Å². The Morgan fingerprint density at radius 2 is 1.74 bits per heavy atom. The summed E-state index contributed by atoms with van der Waals surface area (Å²) in [6.07, 6.45) is -6.64. The van der Waals surface area contributed by atoms with Gasteiger partial charge in [0, 0.05) is 11.3 Å². The van der Waals surface area contributed by atoms with Gasteiger partial charge in [0.2, 0.25) is 10.0 Å². The van der Waals surface area contributed by atoms with Crippen molar-refractivity contribution in [3.63, 3.8) is 0 Å². The van der Waals surface area contributed by atoms with E-state index in [1.54, 1.807) is 0 Å². The topological polar surface area (TPSA) is 119 Å². The number of nitrogens with zero attached hydrogens (tertiary/aromatic N) is 3. The third-order valence-electron chi connectivity index (χ3n) is 4.90. The van der Waals surface area contributed by atoms with Crippen molar-refractivity contribution < 1.29 is 35.2 Å². The molecule has 0 spiro atoms. The first-order valence-electron chi connectivity index (χ1n) is 9.63. The summed E-state index contributed by atoms with van der Waals surface area (Å²) in [4.78, 5) is 16.7. The maximum absolute atomic E-state index is 13.7. The van der Waals surface area contributed by atoms with Gasteiger partial charge in [0.05, 0.1) is 22.3 Å². The van der Waals surface area contributed by atoms with Gasteiger partial charge in [-0.1, -0.05) is 18.2 Å². The molecule has 0 saturated heterocycles. The molecule has 0 aliphatic rings. The molecule has 0 fully saturated rings. The monoisotopic (exact) mass is 511 g/mol. The van der Waals surface area contributed by atoms with Gasteiger partial charge in [0.25, 0.3) is 12.3 Å². The molecule has 2 aromatic heterocycles. The Hall–Kier alpha value is -3.91. The molecule has 0 unspecified atom stereocenters. The first-order valence-corrected chi connectivity index (χ1v) is 11.2. The Bertz CT molecular complexity index is 1530. The zero-order valence-electron chi connectivity index (χ0n) is 17.3. The predicted octanol–water partition coefficient (Wildman–Crippen LogP) is 4.25. The minimum Gasteiger partial charge on any atom is -0.322 e. The van der Waals surface area contributed by atoms with Gasteiger partial charge >= 0.3 is 6.18 Å². The second-order valence-corrected chi connectivity index (χ2v) is 8.82. The molecule has 2 aromatic carbocycles. The van der Waals surface area contributed by atoms with Crippen LogP contribution in [0, 0.1) is 0 Å². The first kappa shape index (κ1) is 24.2. The van der Waals surface area contributed by atoms with Crippen LogP contribution >= 0.6 is 0 Å². The summed E-state index contributed by atoms with van der Waals surface area (Å²) >= 11 is 0. The highest BCUT2D eigenvalue weighted by atomic mass is 32.2. The number of nitrogens with one attached hydrogen (secondary N) is 1. The van der Waals surface area contributed by atoms with Crippen molar-refractivity contribution in [2.75, 3.05) is 5.32 Å². The number of alkyl halides is 5. The van der Waals surface area contributed by atoms with Crippen molar-refractivity contribution in [3.05, 3.63) is 77.6 Å². The van der Waals surface area contributed by atoms with E-state index in [1.165, 1.54) is 18.2 Å². The third kappa shape index (κ3) is 4.97. The number of fused-ring (bicyclic) bond motifs is 1. The molecular weight excluding hydrogens is 497 g/mol. The molecular formula is C21H14F5N5O3S. The molecule has 0 radical (unpaired) electrons. The minimum absolute atomic E-state index is 0.0499. The lowest BCUT2D eigenvalue weighted by Crippen LogP contribution is -2.15. The van der Waals surface area contributed by atoms with Crippen LogP contribution < -0.4 is 10.5 Å². The average molecular weight is 511 g/mol. The van der Waals surface area contributed by atoms with Crippen LogP contribution in [0.1, 0.15) is 28.0 Å². The molecule has 0 saturated carbocycles. The number of halogens is 5. The molecule has 4 aromatic rings. The van der Waals surface area contributed by atoms with Crippen LogP contribution in [0.5, 0.6) is 0 Å². The van der Waals surface area contributed by atoms with Crippen molar-refractivity contribution in [2.24, 2.45) is 5.14 Å². The summed E-state index contributed by atoms with van der Waals surface area (Å²) in [5.41, 5.74) is -2.03. The van der Waals surface area contributed by atoms with Crippen LogP contribution in [0.2, 0.25) is 0 Å². The molecule has 0 atom stereocenters. The van der Waals surface area contributed by atoms with Crippen LogP contribution in [0.3, 0.4) is 0 Å². The lowest BCUT2D eigenvalue weighted by atomic mass is 10.1. The Morgan fingerprint density at radius 3 is 2.34 bits per heavy atom. The lowest BCUT2D eigenvalue weighted by molar-refractivity contribution is -0.137. The van der Waals surface area contributed by atoms with Gasteiger partial charge in [0.15, 0.2) is 5.65 Å². The van der Waals surface area contributed by atoms with E-state index in [-0.39, 0.29) is 33.1 Å². The summed E-state index contributed by atoms with van der Waals surface area (Å²) in [5.74, 6) is -0.844. The van der Waals surface area contributed by atoms with Gasteiger partial charge in [-0.25, -0.2) is 31.8 Å². The molecule has 8 nitrogen and oxygen atoms in total. The number of benzene rings is 2. The fraction of sp³-hybridized carbons (Fsp3) is 0.0952. The van der Waals surface area contributed by atoms with E-state index in [0.717, 1.165) is 47.1 Å². The maximum Gasteiger partial charge on any atom is 0.416 e. The van der Waals surface area contributed by atoms with E-state index in [9.17, 15) is 35.2 Å². The Labute approximate surface area is 194 Å². The summed E-state index contributed by atoms with van der Waals surface area (Å²) in [6.45, 7) is 0. The summed E-state index contributed by atoms with van der Waals surface area (Å²) < 4.78 is 89.8. The third-order valence-corrected chi connectivity index (χ3v) is 5.81. The van der Waals surface area contributed by atoms with Crippen molar-refractivity contribution in [3.8, 4) is 11.3 Å². The minimum atomic E-state index is -4.58. The number of hydrogen-bond donors (Lipinski definition) is 2. The van der Waals surface area contributed by atoms with E-state index >= 15 is 0 Å². The second kappa shape index (κ2) is 8.70. The quantitative estimate of drug-likeness (QED) is 0.388. The summed E-state index contributed by atoms with van der Waals surface area (Å²) in [7, 11) is -4.05. The summed E-state index contributed by atoms with van der Waals surface area (Å²) in [6, 6.07) is 9.71. The van der Waals surface area contributed by atoms with E-state index in [0.29, 0.717) is 0 Å². The SMILES string of the molecule is NS(=O)(=O)c1cccc(NC(=O)c2cnn3c(C(F)F)cc(-c4ccc(C(F)(F)F)cc4)nc23)c1. The van der Waals surface area contributed by atoms with Gasteiger partial charge in [0.1, 0.15) is 11.3 Å². The Morgan fingerprint density at radius 1 is 1.06 bits per heavy atom. The fourth-order valence-electron chi connectivity index (χ4n) is 3.23. The molecule has 14 heteroatoms. The van der Waals surface area contributed by atoms with E-state index in [2.05, 4.69) is 15.4 Å². The van der Waals surface area contributed by atoms with E-state index < -0.39 is 39.8 Å². The number of rotatable bonds is 5. The van der Waals surface area contributed by atoms with Crippen LogP contribution in [-0.4, -0.2) is 28.9 Å². The number of carbonyl (C=O) groups excluding carboxylic acids is 1. The largest absolute Gasteiger partial charge is 0.416 e. The maximum atomic E-state index is 13.7. The van der Waals surface area contributed by atoms with Gasteiger partial charge in [-0.15, -0.1) is 0 Å². The molecule has 182 valence electrons. The highest BCUT2D eigenvalue weighted by Crippen LogP contribution is 2.32. The smallest absolute Gasteiger partial charge is 0.322 e. The van der Waals surface area contributed by atoms with Gasteiger partial charge in [-0.3, -0.25) is 4.79 Å². The molecule has 0 bridgehead atoms. The Kier molecular flexibility index (Phi) is 6.02. The average Bonchev–Trinajstić information content (AvgIpc) is 3.21. The van der Waals surface area contributed by atoms with Crippen LogP contribution in [-0.2, 0) is 16.2 Å². The highest BCUT2D eigenvalue weighted by molar-refractivity contribution is 7.89. The number of sulfonamides is 1. The van der Waals surface area contributed by atoms with Gasteiger partial charge in [-0.2, -0.15) is 18.3 Å². The van der Waals surface area contributed by atoms with Crippen LogP contribution in [0.25, 0.3) is 16.9 Å². The number of amides is 1. The number of anilines is 1. The lowest BCUT2D eigenvalue weighted by Gasteiger charge is -2.10. The second-order valence-electron chi connectivity index (χ2n) is 7.26.